The molecule has 6 rings (SSSR count). The Morgan fingerprint density at radius 1 is 0.974 bits per heavy atom. The summed E-state index contributed by atoms with van der Waals surface area (Å²) in [6.07, 6.45) is 8.22. The largest absolute Gasteiger partial charge is 0.345 e. The number of aromatic amines is 2. The van der Waals surface area contributed by atoms with E-state index in [9.17, 15) is 9.59 Å². The standard InChI is InChI=1S/C26H27N11O2/c1-35(2)25(38)19-13-28-14-20-21(19)32-24(31-20)22-18-9-16(11-29-23(18)34-33-22)15-8-17(12-27-10-15)30-26(39)37-6-4-36(3)5-7-37/h8-14H,4-7H2,1-3H3,(H,30,39)(H,31,32)(H,29,33,34). The monoisotopic (exact) mass is 525 g/mol. The molecule has 5 aromatic heterocycles. The van der Waals surface area contributed by atoms with Gasteiger partial charge in [-0.05, 0) is 19.2 Å². The summed E-state index contributed by atoms with van der Waals surface area (Å²) < 4.78 is 0. The third-order valence-electron chi connectivity index (χ3n) is 6.78. The number of amides is 3. The first-order valence-electron chi connectivity index (χ1n) is 12.5. The molecule has 0 spiro atoms. The number of fused-ring (bicyclic) bond motifs is 2. The zero-order chi connectivity index (χ0) is 27.1. The number of hydrogen-bond donors (Lipinski definition) is 3. The molecule has 13 nitrogen and oxygen atoms in total. The van der Waals surface area contributed by atoms with Crippen LogP contribution in [0.5, 0.6) is 0 Å². The van der Waals surface area contributed by atoms with E-state index in [1.165, 1.54) is 11.1 Å². The van der Waals surface area contributed by atoms with Gasteiger partial charge >= 0.3 is 6.03 Å². The van der Waals surface area contributed by atoms with Crippen LogP contribution in [0.3, 0.4) is 0 Å². The van der Waals surface area contributed by atoms with Crippen molar-refractivity contribution in [2.45, 2.75) is 0 Å². The van der Waals surface area contributed by atoms with Crippen LogP contribution in [0, 0.1) is 0 Å². The number of urea groups is 1. The van der Waals surface area contributed by atoms with E-state index in [2.05, 4.69) is 45.3 Å². The third kappa shape index (κ3) is 4.63. The van der Waals surface area contributed by atoms with Crippen molar-refractivity contribution in [3.05, 3.63) is 48.7 Å². The lowest BCUT2D eigenvalue weighted by atomic mass is 10.1. The fraction of sp³-hybridized carbons (Fsp3) is 0.269. The smallest absolute Gasteiger partial charge is 0.321 e. The van der Waals surface area contributed by atoms with Crippen LogP contribution in [0.1, 0.15) is 10.4 Å². The Hall–Kier alpha value is -4.91. The Morgan fingerprint density at radius 3 is 2.54 bits per heavy atom. The van der Waals surface area contributed by atoms with Crippen molar-refractivity contribution in [1.82, 2.24) is 49.8 Å². The molecule has 0 unspecified atom stereocenters. The number of likely N-dealkylation sites (N-methyl/N-ethyl adjacent to an activating group) is 1. The number of rotatable bonds is 4. The van der Waals surface area contributed by atoms with Gasteiger partial charge in [0.15, 0.2) is 11.5 Å². The summed E-state index contributed by atoms with van der Waals surface area (Å²) in [4.78, 5) is 51.8. The molecule has 3 N–H and O–H groups in total. The number of carbonyl (C=O) groups is 2. The third-order valence-corrected chi connectivity index (χ3v) is 6.78. The molecule has 13 heteroatoms. The highest BCUT2D eigenvalue weighted by molar-refractivity contribution is 6.05. The normalized spacial score (nSPS) is 14.2. The minimum atomic E-state index is -0.186. The molecule has 0 radical (unpaired) electrons. The highest BCUT2D eigenvalue weighted by Gasteiger charge is 2.21. The Balaban J connectivity index is 1.31. The van der Waals surface area contributed by atoms with Crippen LogP contribution in [-0.4, -0.2) is 109 Å². The van der Waals surface area contributed by atoms with E-state index in [0.29, 0.717) is 52.5 Å². The first kappa shape index (κ1) is 24.4. The number of hydrogen-bond acceptors (Lipinski definition) is 8. The predicted molar refractivity (Wildman–Crippen MR) is 146 cm³/mol. The minimum absolute atomic E-state index is 0.140. The van der Waals surface area contributed by atoms with E-state index < -0.39 is 0 Å². The highest BCUT2D eigenvalue weighted by Crippen LogP contribution is 2.30. The van der Waals surface area contributed by atoms with Crippen molar-refractivity contribution < 1.29 is 9.59 Å². The second kappa shape index (κ2) is 9.76. The topological polar surface area (TPSA) is 152 Å². The van der Waals surface area contributed by atoms with Crippen molar-refractivity contribution in [2.75, 3.05) is 52.6 Å². The molecule has 6 heterocycles. The van der Waals surface area contributed by atoms with Crippen LogP contribution < -0.4 is 5.32 Å². The number of H-pyrrole nitrogens is 2. The summed E-state index contributed by atoms with van der Waals surface area (Å²) in [6, 6.07) is 3.68. The van der Waals surface area contributed by atoms with Crippen LogP contribution in [0.4, 0.5) is 10.5 Å². The van der Waals surface area contributed by atoms with Gasteiger partial charge in [0.05, 0.1) is 34.5 Å². The van der Waals surface area contributed by atoms with E-state index in [4.69, 9.17) is 0 Å². The van der Waals surface area contributed by atoms with Crippen molar-refractivity contribution in [3.63, 3.8) is 0 Å². The predicted octanol–water partition coefficient (Wildman–Crippen LogP) is 2.44. The second-order valence-corrected chi connectivity index (χ2v) is 9.74. The molecule has 39 heavy (non-hydrogen) atoms. The molecule has 0 aromatic carbocycles. The second-order valence-electron chi connectivity index (χ2n) is 9.74. The molecule has 0 saturated carbocycles. The molecule has 1 aliphatic heterocycles. The maximum Gasteiger partial charge on any atom is 0.321 e. The molecule has 0 atom stereocenters. The van der Waals surface area contributed by atoms with E-state index in [0.717, 1.165) is 29.6 Å². The summed E-state index contributed by atoms with van der Waals surface area (Å²) in [5.41, 5.74) is 4.90. The molecule has 198 valence electrons. The Kier molecular flexibility index (Phi) is 6.11. The maximum atomic E-state index is 12.7. The number of nitrogens with zero attached hydrogens (tertiary/aromatic N) is 8. The number of nitrogens with one attached hydrogen (secondary N) is 3. The average molecular weight is 526 g/mol. The van der Waals surface area contributed by atoms with Gasteiger partial charge in [0, 0.05) is 70.0 Å². The molecule has 1 saturated heterocycles. The summed E-state index contributed by atoms with van der Waals surface area (Å²) in [6.45, 7) is 3.06. The molecule has 0 aliphatic carbocycles. The van der Waals surface area contributed by atoms with Crippen molar-refractivity contribution in [3.8, 4) is 22.6 Å². The van der Waals surface area contributed by atoms with E-state index in [1.54, 1.807) is 43.8 Å². The van der Waals surface area contributed by atoms with Gasteiger partial charge in [-0.25, -0.2) is 14.8 Å². The zero-order valence-corrected chi connectivity index (χ0v) is 21.8. The lowest BCUT2D eigenvalue weighted by molar-refractivity contribution is 0.0829. The molecule has 5 aromatic rings. The number of piperazine rings is 1. The number of anilines is 1. The van der Waals surface area contributed by atoms with Crippen LogP contribution in [0.15, 0.2) is 43.1 Å². The van der Waals surface area contributed by atoms with Gasteiger partial charge in [0.2, 0.25) is 0 Å². The molecule has 0 bridgehead atoms. The van der Waals surface area contributed by atoms with Gasteiger partial charge in [-0.3, -0.25) is 19.9 Å². The van der Waals surface area contributed by atoms with Gasteiger partial charge in [-0.1, -0.05) is 0 Å². The van der Waals surface area contributed by atoms with Crippen LogP contribution in [-0.2, 0) is 0 Å². The molecule has 1 aliphatic rings. The zero-order valence-electron chi connectivity index (χ0n) is 21.8. The van der Waals surface area contributed by atoms with E-state index >= 15 is 0 Å². The molecule has 1 fully saturated rings. The molecular formula is C26H27N11O2. The summed E-state index contributed by atoms with van der Waals surface area (Å²) in [5, 5.41) is 11.1. The lowest BCUT2D eigenvalue weighted by Gasteiger charge is -2.32. The molecular weight excluding hydrogens is 498 g/mol. The minimum Gasteiger partial charge on any atom is -0.345 e. The summed E-state index contributed by atoms with van der Waals surface area (Å²) in [5.74, 6) is 0.302. The Bertz CT molecular complexity index is 1700. The van der Waals surface area contributed by atoms with Gasteiger partial charge in [-0.2, -0.15) is 5.10 Å². The van der Waals surface area contributed by atoms with Crippen LogP contribution in [0.2, 0.25) is 0 Å². The van der Waals surface area contributed by atoms with Gasteiger partial charge in [-0.15, -0.1) is 0 Å². The van der Waals surface area contributed by atoms with Gasteiger partial charge in [0.1, 0.15) is 11.2 Å². The first-order valence-corrected chi connectivity index (χ1v) is 12.5. The van der Waals surface area contributed by atoms with E-state index in [1.807, 2.05) is 19.2 Å². The summed E-state index contributed by atoms with van der Waals surface area (Å²) in [7, 11) is 5.42. The van der Waals surface area contributed by atoms with Gasteiger partial charge < -0.3 is 25.0 Å². The maximum absolute atomic E-state index is 12.7. The first-order chi connectivity index (χ1) is 18.9. The Labute approximate surface area is 223 Å². The number of imidazole rings is 1. The van der Waals surface area contributed by atoms with Crippen LogP contribution in [0.25, 0.3) is 44.7 Å². The van der Waals surface area contributed by atoms with Crippen molar-refractivity contribution in [1.29, 1.82) is 0 Å². The quantitative estimate of drug-likeness (QED) is 0.324. The average Bonchev–Trinajstić information content (AvgIpc) is 3.56. The van der Waals surface area contributed by atoms with Gasteiger partial charge in [0.25, 0.3) is 5.91 Å². The van der Waals surface area contributed by atoms with Crippen LogP contribution >= 0.6 is 0 Å². The fourth-order valence-electron chi connectivity index (χ4n) is 4.56. The number of aromatic nitrogens is 7. The number of pyridine rings is 3. The highest BCUT2D eigenvalue weighted by atomic mass is 16.2. The number of carbonyl (C=O) groups excluding carboxylic acids is 2. The molecule has 3 amide bonds. The SMILES string of the molecule is CN1CCN(C(=O)Nc2cncc(-c3cnc4[nH]nc(-c5nc6c(C(=O)N(C)C)cncc6[nH]5)c4c3)c2)CC1. The van der Waals surface area contributed by atoms with Crippen molar-refractivity contribution >= 4 is 39.7 Å². The summed E-state index contributed by atoms with van der Waals surface area (Å²) >= 11 is 0. The fourth-order valence-corrected chi connectivity index (χ4v) is 4.56. The Morgan fingerprint density at radius 2 is 1.74 bits per heavy atom. The van der Waals surface area contributed by atoms with Crippen molar-refractivity contribution in [2.24, 2.45) is 0 Å². The van der Waals surface area contributed by atoms with E-state index in [-0.39, 0.29) is 11.9 Å². The lowest BCUT2D eigenvalue weighted by Crippen LogP contribution is -2.48.